The fraction of sp³-hybridized carbons (Fsp3) is 0.105. The van der Waals surface area contributed by atoms with Crippen molar-refractivity contribution >= 4 is 46.2 Å². The molecule has 0 unspecified atom stereocenters. The van der Waals surface area contributed by atoms with Crippen molar-refractivity contribution in [1.82, 2.24) is 19.8 Å². The zero-order chi connectivity index (χ0) is 21.1. The van der Waals surface area contributed by atoms with E-state index in [2.05, 4.69) is 20.6 Å². The molecule has 3 heterocycles. The van der Waals surface area contributed by atoms with Gasteiger partial charge in [-0.1, -0.05) is 30.0 Å². The third-order valence-corrected chi connectivity index (χ3v) is 5.91. The molecule has 30 heavy (non-hydrogen) atoms. The van der Waals surface area contributed by atoms with Crippen molar-refractivity contribution in [3.8, 4) is 10.6 Å². The lowest BCUT2D eigenvalue weighted by atomic mass is 10.2. The van der Waals surface area contributed by atoms with E-state index in [1.807, 2.05) is 17.5 Å². The quantitative estimate of drug-likeness (QED) is 0.349. The first-order valence-corrected chi connectivity index (χ1v) is 10.6. The highest BCUT2D eigenvalue weighted by Crippen LogP contribution is 2.25. The van der Waals surface area contributed by atoms with Crippen LogP contribution in [0, 0.1) is 0 Å². The van der Waals surface area contributed by atoms with Gasteiger partial charge in [-0.05, 0) is 29.6 Å². The van der Waals surface area contributed by atoms with Gasteiger partial charge in [-0.25, -0.2) is 14.4 Å². The minimum absolute atomic E-state index is 0.00214. The summed E-state index contributed by atoms with van der Waals surface area (Å²) < 4.78 is 6.16. The first-order valence-electron chi connectivity index (χ1n) is 8.69. The molecule has 4 aromatic rings. The number of rotatable bonds is 6. The smallest absolute Gasteiger partial charge is 0.339 e. The number of nitrogens with one attached hydrogen (secondary N) is 2. The Hall–Kier alpha value is -3.44. The van der Waals surface area contributed by atoms with E-state index in [4.69, 9.17) is 4.74 Å². The van der Waals surface area contributed by atoms with Crippen LogP contribution in [0.5, 0.6) is 0 Å². The molecule has 0 saturated carbocycles. The summed E-state index contributed by atoms with van der Waals surface area (Å²) in [6, 6.07) is 12.1. The van der Waals surface area contributed by atoms with Crippen LogP contribution in [-0.4, -0.2) is 44.6 Å². The molecule has 0 radical (unpaired) electrons. The number of aromatic nitrogens is 4. The molecule has 0 aliphatic rings. The number of carbonyl (C=O) groups excluding carboxylic acids is 2. The van der Waals surface area contributed by atoms with E-state index >= 15 is 0 Å². The number of benzene rings is 1. The monoisotopic (exact) mass is 441 g/mol. The molecule has 1 aromatic carbocycles. The topological polar surface area (TPSA) is 118 Å². The van der Waals surface area contributed by atoms with Gasteiger partial charge in [0.2, 0.25) is 11.1 Å². The van der Waals surface area contributed by atoms with E-state index in [-0.39, 0.29) is 22.8 Å². The minimum Gasteiger partial charge on any atom is -0.465 e. The first kappa shape index (κ1) is 19.9. The van der Waals surface area contributed by atoms with Gasteiger partial charge in [0, 0.05) is 0 Å². The fourth-order valence-corrected chi connectivity index (χ4v) is 4.11. The average molecular weight is 441 g/mol. The lowest BCUT2D eigenvalue weighted by Crippen LogP contribution is -2.18. The van der Waals surface area contributed by atoms with Crippen LogP contribution in [-0.2, 0) is 9.53 Å². The zero-order valence-corrected chi connectivity index (χ0v) is 17.3. The Morgan fingerprint density at radius 1 is 1.27 bits per heavy atom. The van der Waals surface area contributed by atoms with Crippen molar-refractivity contribution in [2.45, 2.75) is 5.16 Å². The average Bonchev–Trinajstić information content (AvgIpc) is 3.43. The normalized spacial score (nSPS) is 10.8. The van der Waals surface area contributed by atoms with E-state index in [1.165, 1.54) is 23.0 Å². The number of thiophene rings is 1. The molecule has 1 amide bonds. The number of nitrogens with zero attached hydrogens (tertiary/aromatic N) is 3. The number of carbonyl (C=O) groups is 2. The van der Waals surface area contributed by atoms with E-state index in [0.717, 1.165) is 16.6 Å². The third kappa shape index (κ3) is 3.98. The second-order valence-electron chi connectivity index (χ2n) is 6.01. The maximum Gasteiger partial charge on any atom is 0.339 e. The Bertz CT molecular complexity index is 1280. The first-order chi connectivity index (χ1) is 14.6. The van der Waals surface area contributed by atoms with Crippen LogP contribution in [0.15, 0.2) is 57.8 Å². The number of para-hydroxylation sites is 1. The molecule has 0 bridgehead atoms. The predicted molar refractivity (Wildman–Crippen MR) is 114 cm³/mol. The molecule has 2 N–H and O–H groups in total. The minimum atomic E-state index is -0.541. The summed E-state index contributed by atoms with van der Waals surface area (Å²) in [4.78, 5) is 37.3. The van der Waals surface area contributed by atoms with E-state index in [1.54, 1.807) is 30.3 Å². The Balaban J connectivity index is 1.53. The molecule has 0 fully saturated rings. The van der Waals surface area contributed by atoms with Gasteiger partial charge in [-0.15, -0.1) is 16.4 Å². The maximum absolute atomic E-state index is 12.4. The molecular formula is C19H15N5O4S2. The molecule has 0 aliphatic heterocycles. The molecule has 4 rings (SSSR count). The van der Waals surface area contributed by atoms with Crippen LogP contribution in [0.2, 0.25) is 0 Å². The molecule has 11 heteroatoms. The standard InChI is InChI=1S/C19H15N5O4S2/c1-28-18(27)11-5-2-3-6-12(11)20-16(25)10-30-19-22-21-17(26)14-9-13(23-24(14)19)15-7-4-8-29-15/h2-9H,10H2,1H3,(H,20,25)(H,21,26). The summed E-state index contributed by atoms with van der Waals surface area (Å²) in [6.07, 6.45) is 0. The molecule has 0 saturated heterocycles. The van der Waals surface area contributed by atoms with Gasteiger partial charge in [0.05, 0.1) is 29.0 Å². The van der Waals surface area contributed by atoms with Crippen LogP contribution < -0.4 is 10.9 Å². The van der Waals surface area contributed by atoms with Crippen LogP contribution >= 0.6 is 23.1 Å². The molecule has 0 atom stereocenters. The Kier molecular flexibility index (Phi) is 5.63. The summed E-state index contributed by atoms with van der Waals surface area (Å²) >= 11 is 2.62. The highest BCUT2D eigenvalue weighted by atomic mass is 32.2. The predicted octanol–water partition coefficient (Wildman–Crippen LogP) is 2.66. The summed E-state index contributed by atoms with van der Waals surface area (Å²) in [7, 11) is 1.28. The number of thioether (sulfide) groups is 1. The zero-order valence-electron chi connectivity index (χ0n) is 15.6. The van der Waals surface area contributed by atoms with E-state index in [9.17, 15) is 14.4 Å². The highest BCUT2D eigenvalue weighted by Gasteiger charge is 2.16. The van der Waals surface area contributed by atoms with Gasteiger partial charge >= 0.3 is 5.97 Å². The molecule has 9 nitrogen and oxygen atoms in total. The Morgan fingerprint density at radius 3 is 2.87 bits per heavy atom. The number of ether oxygens (including phenoxy) is 1. The van der Waals surface area contributed by atoms with Crippen molar-refractivity contribution in [3.05, 3.63) is 63.8 Å². The third-order valence-electron chi connectivity index (χ3n) is 4.09. The Morgan fingerprint density at radius 2 is 2.10 bits per heavy atom. The number of aromatic amines is 1. The van der Waals surface area contributed by atoms with Crippen molar-refractivity contribution < 1.29 is 14.3 Å². The molecule has 3 aromatic heterocycles. The lowest BCUT2D eigenvalue weighted by Gasteiger charge is -2.09. The summed E-state index contributed by atoms with van der Waals surface area (Å²) in [5.74, 6) is -0.888. The molecule has 0 aliphatic carbocycles. The van der Waals surface area contributed by atoms with Crippen molar-refractivity contribution in [2.24, 2.45) is 0 Å². The van der Waals surface area contributed by atoms with Crippen LogP contribution in [0.4, 0.5) is 5.69 Å². The van der Waals surface area contributed by atoms with Crippen LogP contribution in [0.1, 0.15) is 10.4 Å². The highest BCUT2D eigenvalue weighted by molar-refractivity contribution is 7.99. The number of H-pyrrole nitrogens is 1. The Labute approximate surface area is 178 Å². The van der Waals surface area contributed by atoms with Gasteiger partial charge < -0.3 is 10.1 Å². The molecular weight excluding hydrogens is 426 g/mol. The summed E-state index contributed by atoms with van der Waals surface area (Å²) in [6.45, 7) is 0. The van der Waals surface area contributed by atoms with Crippen LogP contribution in [0.3, 0.4) is 0 Å². The van der Waals surface area contributed by atoms with Gasteiger partial charge in [-0.2, -0.15) is 5.10 Å². The van der Waals surface area contributed by atoms with E-state index < -0.39 is 5.97 Å². The summed E-state index contributed by atoms with van der Waals surface area (Å²) in [5, 5.41) is 15.9. The SMILES string of the molecule is COC(=O)c1ccccc1NC(=O)CSc1n[nH]c(=O)c2cc(-c3cccs3)nn12. The number of hydrogen-bond acceptors (Lipinski definition) is 8. The van der Waals surface area contributed by atoms with Gasteiger partial charge in [0.25, 0.3) is 5.56 Å². The second-order valence-corrected chi connectivity index (χ2v) is 7.90. The number of methoxy groups -OCH3 is 1. The van der Waals surface area contributed by atoms with Crippen LogP contribution in [0.25, 0.3) is 16.1 Å². The van der Waals surface area contributed by atoms with Gasteiger partial charge in [0.1, 0.15) is 11.2 Å². The number of amides is 1. The fourth-order valence-electron chi connectivity index (χ4n) is 2.73. The second kappa shape index (κ2) is 8.51. The number of esters is 1. The van der Waals surface area contributed by atoms with Crippen molar-refractivity contribution in [3.63, 3.8) is 0 Å². The van der Waals surface area contributed by atoms with Crippen molar-refractivity contribution in [1.29, 1.82) is 0 Å². The molecule has 152 valence electrons. The maximum atomic E-state index is 12.4. The molecule has 0 spiro atoms. The summed E-state index contributed by atoms with van der Waals surface area (Å²) in [5.41, 5.74) is 1.24. The number of anilines is 1. The van der Waals surface area contributed by atoms with E-state index in [0.29, 0.717) is 22.1 Å². The van der Waals surface area contributed by atoms with Gasteiger partial charge in [0.15, 0.2) is 0 Å². The lowest BCUT2D eigenvalue weighted by molar-refractivity contribution is -0.113. The largest absolute Gasteiger partial charge is 0.465 e. The van der Waals surface area contributed by atoms with Crippen molar-refractivity contribution in [2.75, 3.05) is 18.2 Å². The van der Waals surface area contributed by atoms with Gasteiger partial charge in [-0.3, -0.25) is 9.59 Å². The number of fused-ring (bicyclic) bond motifs is 1. The number of hydrogen-bond donors (Lipinski definition) is 2.